The lowest BCUT2D eigenvalue weighted by Gasteiger charge is -2.13. The van der Waals surface area contributed by atoms with Gasteiger partial charge in [0, 0.05) is 18.1 Å². The summed E-state index contributed by atoms with van der Waals surface area (Å²) in [6.45, 7) is 2.32. The van der Waals surface area contributed by atoms with E-state index in [0.717, 1.165) is 23.1 Å². The van der Waals surface area contributed by atoms with Crippen LogP contribution in [0.3, 0.4) is 0 Å². The number of halogens is 4. The van der Waals surface area contributed by atoms with Crippen LogP contribution >= 0.6 is 11.6 Å². The molecule has 0 unspecified atom stereocenters. The van der Waals surface area contributed by atoms with E-state index in [4.69, 9.17) is 11.6 Å². The third-order valence-electron chi connectivity index (χ3n) is 4.80. The molecule has 4 rings (SSSR count). The molecule has 0 spiro atoms. The van der Waals surface area contributed by atoms with Crippen molar-refractivity contribution < 1.29 is 18.0 Å². The first-order valence-electron chi connectivity index (χ1n) is 9.37. The van der Waals surface area contributed by atoms with Gasteiger partial charge in [-0.05, 0) is 37.3 Å². The second-order valence-corrected chi connectivity index (χ2v) is 7.29. The van der Waals surface area contributed by atoms with Gasteiger partial charge in [0.1, 0.15) is 5.82 Å². The Balaban J connectivity index is 1.56. The molecular formula is C21H17ClF3N5O. The van der Waals surface area contributed by atoms with Gasteiger partial charge in [-0.2, -0.15) is 18.3 Å². The van der Waals surface area contributed by atoms with Crippen molar-refractivity contribution in [2.75, 3.05) is 6.54 Å². The van der Waals surface area contributed by atoms with E-state index in [9.17, 15) is 18.0 Å². The molecule has 0 aliphatic rings. The molecule has 0 saturated carbocycles. The fourth-order valence-corrected chi connectivity index (χ4v) is 3.63. The average Bonchev–Trinajstić information content (AvgIpc) is 3.30. The van der Waals surface area contributed by atoms with Gasteiger partial charge >= 0.3 is 6.18 Å². The standard InChI is InChI=1S/C21H17ClF3N5O/c1-13-28-17-7-2-3-8-18(17)29(13)10-9-26-20(31)16-12-27-30(19(16)21(23,24)25)15-6-4-5-14(22)11-15/h2-8,11-12H,9-10H2,1H3,(H,26,31). The van der Waals surface area contributed by atoms with Crippen molar-refractivity contribution >= 4 is 28.5 Å². The molecular weight excluding hydrogens is 431 g/mol. The molecule has 1 amide bonds. The number of carbonyl (C=O) groups is 1. The molecule has 0 bridgehead atoms. The Hall–Kier alpha value is -3.33. The fraction of sp³-hybridized carbons (Fsp3) is 0.190. The Morgan fingerprint density at radius 2 is 1.94 bits per heavy atom. The van der Waals surface area contributed by atoms with Gasteiger partial charge in [-0.15, -0.1) is 0 Å². The van der Waals surface area contributed by atoms with Crippen LogP contribution in [0.25, 0.3) is 16.7 Å². The predicted octanol–water partition coefficient (Wildman–Crippen LogP) is 4.63. The smallest absolute Gasteiger partial charge is 0.350 e. The van der Waals surface area contributed by atoms with Crippen molar-refractivity contribution in [1.29, 1.82) is 0 Å². The van der Waals surface area contributed by atoms with Gasteiger partial charge in [0.25, 0.3) is 5.91 Å². The molecule has 4 aromatic rings. The van der Waals surface area contributed by atoms with Crippen LogP contribution in [0.15, 0.2) is 54.7 Å². The molecule has 1 N–H and O–H groups in total. The van der Waals surface area contributed by atoms with Crippen molar-refractivity contribution in [3.63, 3.8) is 0 Å². The summed E-state index contributed by atoms with van der Waals surface area (Å²) >= 11 is 5.89. The Morgan fingerprint density at radius 1 is 1.16 bits per heavy atom. The van der Waals surface area contributed by atoms with E-state index in [-0.39, 0.29) is 17.3 Å². The Labute approximate surface area is 180 Å². The largest absolute Gasteiger partial charge is 0.434 e. The van der Waals surface area contributed by atoms with Crippen molar-refractivity contribution in [2.24, 2.45) is 0 Å². The minimum absolute atomic E-state index is 0.111. The number of benzene rings is 2. The Bertz CT molecular complexity index is 1260. The van der Waals surface area contributed by atoms with E-state index >= 15 is 0 Å². The lowest BCUT2D eigenvalue weighted by molar-refractivity contribution is -0.143. The highest BCUT2D eigenvalue weighted by molar-refractivity contribution is 6.30. The first kappa shape index (κ1) is 20.9. The SMILES string of the molecule is Cc1nc2ccccc2n1CCNC(=O)c1cnn(-c2cccc(Cl)c2)c1C(F)(F)F. The number of aromatic nitrogens is 4. The maximum Gasteiger partial charge on any atom is 0.434 e. The number of alkyl halides is 3. The summed E-state index contributed by atoms with van der Waals surface area (Å²) in [5.74, 6) is -0.108. The van der Waals surface area contributed by atoms with Crippen LogP contribution in [-0.2, 0) is 12.7 Å². The van der Waals surface area contributed by atoms with E-state index in [1.807, 2.05) is 35.8 Å². The van der Waals surface area contributed by atoms with E-state index < -0.39 is 23.3 Å². The highest BCUT2D eigenvalue weighted by atomic mass is 35.5. The normalized spacial score (nSPS) is 11.8. The molecule has 0 aliphatic carbocycles. The predicted molar refractivity (Wildman–Crippen MR) is 110 cm³/mol. The number of nitrogens with one attached hydrogen (secondary N) is 1. The Kier molecular flexibility index (Phi) is 5.45. The van der Waals surface area contributed by atoms with Gasteiger partial charge < -0.3 is 9.88 Å². The second kappa shape index (κ2) is 8.07. The quantitative estimate of drug-likeness (QED) is 0.485. The van der Waals surface area contributed by atoms with Crippen molar-refractivity contribution in [2.45, 2.75) is 19.6 Å². The monoisotopic (exact) mass is 447 g/mol. The molecule has 2 heterocycles. The third-order valence-corrected chi connectivity index (χ3v) is 5.04. The van der Waals surface area contributed by atoms with Gasteiger partial charge in [0.15, 0.2) is 5.69 Å². The molecule has 160 valence electrons. The number of para-hydroxylation sites is 2. The van der Waals surface area contributed by atoms with Crippen LogP contribution in [-0.4, -0.2) is 31.8 Å². The minimum Gasteiger partial charge on any atom is -0.350 e. The van der Waals surface area contributed by atoms with E-state index in [2.05, 4.69) is 15.4 Å². The number of hydrogen-bond donors (Lipinski definition) is 1. The van der Waals surface area contributed by atoms with E-state index in [1.54, 1.807) is 0 Å². The molecule has 0 aliphatic heterocycles. The fourth-order valence-electron chi connectivity index (χ4n) is 3.45. The molecule has 0 saturated heterocycles. The number of imidazole rings is 1. The Morgan fingerprint density at radius 3 is 2.68 bits per heavy atom. The molecule has 2 aromatic carbocycles. The van der Waals surface area contributed by atoms with Crippen LogP contribution in [0.1, 0.15) is 21.9 Å². The zero-order chi connectivity index (χ0) is 22.2. The van der Waals surface area contributed by atoms with Crippen molar-refractivity contribution in [3.8, 4) is 5.69 Å². The molecule has 0 radical (unpaired) electrons. The van der Waals surface area contributed by atoms with Gasteiger partial charge in [-0.25, -0.2) is 9.67 Å². The van der Waals surface area contributed by atoms with Crippen LogP contribution in [0.4, 0.5) is 13.2 Å². The average molecular weight is 448 g/mol. The van der Waals surface area contributed by atoms with Crippen molar-refractivity contribution in [3.05, 3.63) is 76.8 Å². The van der Waals surface area contributed by atoms with Gasteiger partial charge in [-0.1, -0.05) is 29.8 Å². The number of aryl methyl sites for hydroxylation is 1. The van der Waals surface area contributed by atoms with Crippen LogP contribution < -0.4 is 5.32 Å². The van der Waals surface area contributed by atoms with Crippen LogP contribution in [0.2, 0.25) is 5.02 Å². The van der Waals surface area contributed by atoms with Gasteiger partial charge in [0.05, 0.1) is 28.5 Å². The van der Waals surface area contributed by atoms with Crippen LogP contribution in [0.5, 0.6) is 0 Å². The number of rotatable bonds is 5. The summed E-state index contributed by atoms with van der Waals surface area (Å²) in [6, 6.07) is 13.3. The maximum absolute atomic E-state index is 13.8. The third kappa shape index (κ3) is 4.13. The first-order valence-corrected chi connectivity index (χ1v) is 9.75. The number of hydrogen-bond acceptors (Lipinski definition) is 3. The topological polar surface area (TPSA) is 64.7 Å². The lowest BCUT2D eigenvalue weighted by Crippen LogP contribution is -2.29. The van der Waals surface area contributed by atoms with Crippen LogP contribution in [0, 0.1) is 6.92 Å². The summed E-state index contributed by atoms with van der Waals surface area (Å²) in [5.41, 5.74) is 0.100. The zero-order valence-corrected chi connectivity index (χ0v) is 17.1. The maximum atomic E-state index is 13.8. The summed E-state index contributed by atoms with van der Waals surface area (Å²) in [7, 11) is 0. The summed E-state index contributed by atoms with van der Waals surface area (Å²) in [4.78, 5) is 17.0. The molecule has 0 fully saturated rings. The summed E-state index contributed by atoms with van der Waals surface area (Å²) in [5, 5.41) is 6.60. The number of amides is 1. The number of fused-ring (bicyclic) bond motifs is 1. The molecule has 10 heteroatoms. The number of carbonyl (C=O) groups excluding carboxylic acids is 1. The van der Waals surface area contributed by atoms with Crippen molar-refractivity contribution in [1.82, 2.24) is 24.6 Å². The van der Waals surface area contributed by atoms with E-state index in [0.29, 0.717) is 11.2 Å². The second-order valence-electron chi connectivity index (χ2n) is 6.85. The molecule has 31 heavy (non-hydrogen) atoms. The molecule has 0 atom stereocenters. The highest BCUT2D eigenvalue weighted by Gasteiger charge is 2.40. The summed E-state index contributed by atoms with van der Waals surface area (Å²) in [6.07, 6.45) is -3.88. The lowest BCUT2D eigenvalue weighted by atomic mass is 10.2. The zero-order valence-electron chi connectivity index (χ0n) is 16.3. The highest BCUT2D eigenvalue weighted by Crippen LogP contribution is 2.34. The molecule has 2 aromatic heterocycles. The summed E-state index contributed by atoms with van der Waals surface area (Å²) < 4.78 is 43.9. The number of nitrogens with zero attached hydrogens (tertiary/aromatic N) is 4. The van der Waals surface area contributed by atoms with E-state index in [1.165, 1.54) is 24.3 Å². The molecule has 6 nitrogen and oxygen atoms in total. The minimum atomic E-state index is -4.79. The van der Waals surface area contributed by atoms with Gasteiger partial charge in [0.2, 0.25) is 0 Å². The van der Waals surface area contributed by atoms with Gasteiger partial charge in [-0.3, -0.25) is 4.79 Å². The first-order chi connectivity index (χ1) is 14.8.